The summed E-state index contributed by atoms with van der Waals surface area (Å²) >= 11 is 0. The SMILES string of the molecule is CCOC(=O)c1c(C)cc2cc(OC)ccc2c1N. The topological polar surface area (TPSA) is 61.5 Å². The number of fused-ring (bicyclic) bond motifs is 1. The molecule has 0 aliphatic rings. The predicted octanol–water partition coefficient (Wildman–Crippen LogP) is 2.92. The first kappa shape index (κ1) is 13.2. The van der Waals surface area contributed by atoms with E-state index in [1.807, 2.05) is 31.2 Å². The number of nitrogen functional groups attached to an aromatic ring is 1. The Labute approximate surface area is 112 Å². The van der Waals surface area contributed by atoms with Gasteiger partial charge in [-0.15, -0.1) is 0 Å². The van der Waals surface area contributed by atoms with Crippen LogP contribution in [0.15, 0.2) is 24.3 Å². The summed E-state index contributed by atoms with van der Waals surface area (Å²) in [7, 11) is 1.62. The number of rotatable bonds is 3. The molecule has 2 aromatic rings. The standard InChI is InChI=1S/C15H17NO3/c1-4-19-15(17)13-9(2)7-10-8-11(18-3)5-6-12(10)14(13)16/h5-8H,4,16H2,1-3H3. The van der Waals surface area contributed by atoms with Crippen LogP contribution in [0.5, 0.6) is 5.75 Å². The molecule has 2 N–H and O–H groups in total. The summed E-state index contributed by atoms with van der Waals surface area (Å²) in [5.41, 5.74) is 7.80. The molecule has 0 unspecified atom stereocenters. The van der Waals surface area contributed by atoms with Crippen molar-refractivity contribution in [3.8, 4) is 5.75 Å². The van der Waals surface area contributed by atoms with Gasteiger partial charge in [0, 0.05) is 5.39 Å². The number of nitrogens with two attached hydrogens (primary N) is 1. The fourth-order valence-corrected chi connectivity index (χ4v) is 2.16. The van der Waals surface area contributed by atoms with Crippen molar-refractivity contribution in [2.45, 2.75) is 13.8 Å². The number of esters is 1. The van der Waals surface area contributed by atoms with Crippen molar-refractivity contribution < 1.29 is 14.3 Å². The van der Waals surface area contributed by atoms with Crippen molar-refractivity contribution in [2.24, 2.45) is 0 Å². The third-order valence-electron chi connectivity index (χ3n) is 3.06. The molecule has 0 spiro atoms. The van der Waals surface area contributed by atoms with Crippen LogP contribution in [0.1, 0.15) is 22.8 Å². The number of methoxy groups -OCH3 is 1. The van der Waals surface area contributed by atoms with Gasteiger partial charge in [-0.3, -0.25) is 0 Å². The van der Waals surface area contributed by atoms with Gasteiger partial charge in [0.15, 0.2) is 0 Å². The molecular weight excluding hydrogens is 242 g/mol. The molecular formula is C15H17NO3. The number of ether oxygens (including phenoxy) is 2. The van der Waals surface area contributed by atoms with Crippen molar-refractivity contribution in [1.29, 1.82) is 0 Å². The van der Waals surface area contributed by atoms with E-state index < -0.39 is 0 Å². The molecule has 0 radical (unpaired) electrons. The second-order valence-electron chi connectivity index (χ2n) is 4.29. The zero-order valence-electron chi connectivity index (χ0n) is 11.3. The maximum absolute atomic E-state index is 11.9. The van der Waals surface area contributed by atoms with Gasteiger partial charge in [0.1, 0.15) is 5.75 Å². The van der Waals surface area contributed by atoms with Crippen molar-refractivity contribution >= 4 is 22.4 Å². The van der Waals surface area contributed by atoms with Crippen LogP contribution in [0.25, 0.3) is 10.8 Å². The summed E-state index contributed by atoms with van der Waals surface area (Å²) < 4.78 is 10.2. The first-order valence-corrected chi connectivity index (χ1v) is 6.12. The van der Waals surface area contributed by atoms with Crippen LogP contribution >= 0.6 is 0 Å². The second kappa shape index (κ2) is 5.18. The Morgan fingerprint density at radius 1 is 1.32 bits per heavy atom. The molecule has 0 aliphatic carbocycles. The molecule has 0 saturated heterocycles. The highest BCUT2D eigenvalue weighted by Crippen LogP contribution is 2.31. The normalized spacial score (nSPS) is 10.5. The molecule has 2 rings (SSSR count). The Hall–Kier alpha value is -2.23. The first-order valence-electron chi connectivity index (χ1n) is 6.12. The van der Waals surface area contributed by atoms with Crippen molar-refractivity contribution in [2.75, 3.05) is 19.5 Å². The average molecular weight is 259 g/mol. The van der Waals surface area contributed by atoms with Crippen molar-refractivity contribution in [1.82, 2.24) is 0 Å². The molecule has 2 aromatic carbocycles. The average Bonchev–Trinajstić information content (AvgIpc) is 2.38. The minimum atomic E-state index is -0.379. The molecule has 0 bridgehead atoms. The maximum atomic E-state index is 11.9. The summed E-state index contributed by atoms with van der Waals surface area (Å²) in [5, 5.41) is 1.77. The van der Waals surface area contributed by atoms with Gasteiger partial charge < -0.3 is 15.2 Å². The van der Waals surface area contributed by atoms with Crippen LogP contribution in [0.3, 0.4) is 0 Å². The van der Waals surface area contributed by atoms with Gasteiger partial charge in [-0.1, -0.05) is 6.07 Å². The van der Waals surface area contributed by atoms with Gasteiger partial charge in [0.05, 0.1) is 25.0 Å². The Balaban J connectivity index is 2.65. The quantitative estimate of drug-likeness (QED) is 0.680. The number of hydrogen-bond acceptors (Lipinski definition) is 4. The third kappa shape index (κ3) is 2.34. The molecule has 0 aromatic heterocycles. The Morgan fingerprint density at radius 2 is 2.05 bits per heavy atom. The summed E-state index contributed by atoms with van der Waals surface area (Å²) in [6.45, 7) is 3.95. The molecule has 0 aliphatic heterocycles. The lowest BCUT2D eigenvalue weighted by molar-refractivity contribution is 0.0527. The van der Waals surface area contributed by atoms with Gasteiger partial charge >= 0.3 is 5.97 Å². The van der Waals surface area contributed by atoms with Gasteiger partial charge in [-0.2, -0.15) is 0 Å². The third-order valence-corrected chi connectivity index (χ3v) is 3.06. The minimum Gasteiger partial charge on any atom is -0.497 e. The van der Waals surface area contributed by atoms with Crippen LogP contribution in [0.2, 0.25) is 0 Å². The van der Waals surface area contributed by atoms with Crippen molar-refractivity contribution in [3.63, 3.8) is 0 Å². The fourth-order valence-electron chi connectivity index (χ4n) is 2.16. The van der Waals surface area contributed by atoms with Gasteiger partial charge in [-0.25, -0.2) is 4.79 Å². The van der Waals surface area contributed by atoms with Crippen LogP contribution < -0.4 is 10.5 Å². The monoisotopic (exact) mass is 259 g/mol. The molecule has 0 atom stereocenters. The molecule has 100 valence electrons. The van der Waals surface area contributed by atoms with Crippen LogP contribution in [-0.2, 0) is 4.74 Å². The van der Waals surface area contributed by atoms with Gasteiger partial charge in [0.25, 0.3) is 0 Å². The number of aryl methyl sites for hydroxylation is 1. The van der Waals surface area contributed by atoms with E-state index in [0.717, 1.165) is 22.1 Å². The number of carbonyl (C=O) groups is 1. The van der Waals surface area contributed by atoms with Crippen LogP contribution in [0, 0.1) is 6.92 Å². The smallest absolute Gasteiger partial charge is 0.340 e. The van der Waals surface area contributed by atoms with E-state index in [1.165, 1.54) is 0 Å². The number of hydrogen-bond donors (Lipinski definition) is 1. The highest BCUT2D eigenvalue weighted by atomic mass is 16.5. The molecule has 0 saturated carbocycles. The van der Waals surface area contributed by atoms with Gasteiger partial charge in [0.2, 0.25) is 0 Å². The van der Waals surface area contributed by atoms with Gasteiger partial charge in [-0.05, 0) is 43.0 Å². The summed E-state index contributed by atoms with van der Waals surface area (Å²) in [6, 6.07) is 7.49. The van der Waals surface area contributed by atoms with E-state index in [-0.39, 0.29) is 5.97 Å². The second-order valence-corrected chi connectivity index (χ2v) is 4.29. The molecule has 4 nitrogen and oxygen atoms in total. The number of benzene rings is 2. The van der Waals surface area contributed by atoms with E-state index >= 15 is 0 Å². The summed E-state index contributed by atoms with van der Waals surface area (Å²) in [5.74, 6) is 0.380. The first-order chi connectivity index (χ1) is 9.08. The van der Waals surface area contributed by atoms with E-state index in [9.17, 15) is 4.79 Å². The molecule has 0 fully saturated rings. The lowest BCUT2D eigenvalue weighted by atomic mass is 9.99. The van der Waals surface area contributed by atoms with E-state index in [0.29, 0.717) is 17.9 Å². The maximum Gasteiger partial charge on any atom is 0.340 e. The largest absolute Gasteiger partial charge is 0.497 e. The fraction of sp³-hybridized carbons (Fsp3) is 0.267. The predicted molar refractivity (Wildman–Crippen MR) is 75.6 cm³/mol. The number of carbonyl (C=O) groups excluding carboxylic acids is 1. The summed E-state index contributed by atoms with van der Waals surface area (Å²) in [6.07, 6.45) is 0. The summed E-state index contributed by atoms with van der Waals surface area (Å²) in [4.78, 5) is 11.9. The lowest BCUT2D eigenvalue weighted by Crippen LogP contribution is -2.10. The lowest BCUT2D eigenvalue weighted by Gasteiger charge is -2.12. The molecule has 0 amide bonds. The van der Waals surface area contributed by atoms with E-state index in [1.54, 1.807) is 14.0 Å². The van der Waals surface area contributed by atoms with E-state index in [2.05, 4.69) is 0 Å². The zero-order chi connectivity index (χ0) is 14.0. The molecule has 19 heavy (non-hydrogen) atoms. The molecule has 4 heteroatoms. The molecule has 0 heterocycles. The van der Waals surface area contributed by atoms with Crippen LogP contribution in [0.4, 0.5) is 5.69 Å². The minimum absolute atomic E-state index is 0.332. The van der Waals surface area contributed by atoms with E-state index in [4.69, 9.17) is 15.2 Å². The Bertz CT molecular complexity index is 635. The van der Waals surface area contributed by atoms with Crippen LogP contribution in [-0.4, -0.2) is 19.7 Å². The highest BCUT2D eigenvalue weighted by Gasteiger charge is 2.17. The highest BCUT2D eigenvalue weighted by molar-refractivity contribution is 6.07. The van der Waals surface area contributed by atoms with Crippen molar-refractivity contribution in [3.05, 3.63) is 35.4 Å². The number of anilines is 1. The Kier molecular flexibility index (Phi) is 3.60. The Morgan fingerprint density at radius 3 is 2.68 bits per heavy atom. The zero-order valence-corrected chi connectivity index (χ0v) is 11.3.